The summed E-state index contributed by atoms with van der Waals surface area (Å²) in [5.74, 6) is -1.65. The number of nitrogens with zero attached hydrogens (tertiary/aromatic N) is 2. The van der Waals surface area contributed by atoms with E-state index in [-0.39, 0.29) is 21.3 Å². The summed E-state index contributed by atoms with van der Waals surface area (Å²) >= 11 is 0.937. The van der Waals surface area contributed by atoms with Crippen molar-refractivity contribution < 1.29 is 33.4 Å². The van der Waals surface area contributed by atoms with Crippen molar-refractivity contribution in [3.63, 3.8) is 0 Å². The molecule has 0 bridgehead atoms. The summed E-state index contributed by atoms with van der Waals surface area (Å²) in [6.45, 7) is 3.30. The molecule has 1 unspecified atom stereocenters. The Balaban J connectivity index is 1.86. The van der Waals surface area contributed by atoms with Crippen LogP contribution in [0.2, 0.25) is 0 Å². The number of methoxy groups -OCH3 is 2. The van der Waals surface area contributed by atoms with Gasteiger partial charge >= 0.3 is 5.97 Å². The number of aliphatic hydroxyl groups excluding tert-OH is 1. The largest absolute Gasteiger partial charge is 0.503 e. The van der Waals surface area contributed by atoms with E-state index in [9.17, 15) is 19.5 Å². The van der Waals surface area contributed by atoms with Crippen LogP contribution >= 0.6 is 11.3 Å². The summed E-state index contributed by atoms with van der Waals surface area (Å²) in [6.07, 6.45) is 0. The molecule has 0 radical (unpaired) electrons. The molecule has 33 heavy (non-hydrogen) atoms. The van der Waals surface area contributed by atoms with E-state index < -0.39 is 29.5 Å². The van der Waals surface area contributed by atoms with Crippen molar-refractivity contribution in [2.24, 2.45) is 0 Å². The average Bonchev–Trinajstić information content (AvgIpc) is 3.49. The highest BCUT2D eigenvalue weighted by molar-refractivity contribution is 7.17. The monoisotopic (exact) mass is 468 g/mol. The number of rotatable bonds is 6. The van der Waals surface area contributed by atoms with Gasteiger partial charge < -0.3 is 19.0 Å². The van der Waals surface area contributed by atoms with Crippen molar-refractivity contribution in [2.75, 3.05) is 19.1 Å². The smallest absolute Gasteiger partial charge is 0.350 e. The Labute approximate surface area is 192 Å². The zero-order valence-electron chi connectivity index (χ0n) is 18.2. The molecule has 10 heteroatoms. The third kappa shape index (κ3) is 3.78. The van der Waals surface area contributed by atoms with E-state index in [2.05, 4.69) is 4.98 Å². The van der Waals surface area contributed by atoms with Gasteiger partial charge in [-0.15, -0.1) is 0 Å². The number of carbonyl (C=O) groups excluding carboxylic acids is 3. The maximum atomic E-state index is 13.3. The quantitative estimate of drug-likeness (QED) is 0.427. The third-order valence-electron chi connectivity index (χ3n) is 5.21. The van der Waals surface area contributed by atoms with Gasteiger partial charge in [-0.25, -0.2) is 9.78 Å². The maximum Gasteiger partial charge on any atom is 0.350 e. The number of ketones is 1. The lowest BCUT2D eigenvalue weighted by Crippen LogP contribution is -2.31. The number of amides is 1. The van der Waals surface area contributed by atoms with E-state index in [0.717, 1.165) is 11.3 Å². The predicted molar refractivity (Wildman–Crippen MR) is 119 cm³/mol. The minimum atomic E-state index is -1.00. The second-order valence-electron chi connectivity index (χ2n) is 7.26. The fourth-order valence-electron chi connectivity index (χ4n) is 3.59. The van der Waals surface area contributed by atoms with Crippen LogP contribution < -0.4 is 9.64 Å². The standard InChI is InChI=1S/C23H20N2O7S/c1-11-5-10-15(32-11)18(26)16-17(13-6-8-14(30-3)9-7-13)25(21(28)19(16)27)23-24-12(2)20(33-23)22(29)31-4/h5-10,17,27H,1-4H3. The number of aliphatic hydroxyl groups is 1. The molecule has 170 valence electrons. The number of ether oxygens (including phenoxy) is 2. The van der Waals surface area contributed by atoms with Gasteiger partial charge in [-0.05, 0) is 43.7 Å². The molecule has 1 atom stereocenters. The van der Waals surface area contributed by atoms with Crippen molar-refractivity contribution in [1.82, 2.24) is 4.98 Å². The summed E-state index contributed by atoms with van der Waals surface area (Å²) in [5, 5.41) is 10.9. The molecular formula is C23H20N2O7S. The minimum Gasteiger partial charge on any atom is -0.503 e. The van der Waals surface area contributed by atoms with Crippen molar-refractivity contribution in [3.8, 4) is 5.75 Å². The molecule has 1 aliphatic heterocycles. The second kappa shape index (κ2) is 8.55. The van der Waals surface area contributed by atoms with Crippen molar-refractivity contribution >= 4 is 34.1 Å². The van der Waals surface area contributed by atoms with Gasteiger partial charge in [-0.2, -0.15) is 0 Å². The number of thiazole rings is 1. The van der Waals surface area contributed by atoms with Crippen molar-refractivity contribution in [2.45, 2.75) is 19.9 Å². The number of carbonyl (C=O) groups is 3. The molecule has 0 saturated carbocycles. The molecule has 3 aromatic rings. The molecular weight excluding hydrogens is 448 g/mol. The molecule has 0 aliphatic carbocycles. The van der Waals surface area contributed by atoms with Gasteiger partial charge in [-0.3, -0.25) is 14.5 Å². The molecule has 3 heterocycles. The first-order valence-electron chi connectivity index (χ1n) is 9.84. The van der Waals surface area contributed by atoms with Crippen LogP contribution in [0.25, 0.3) is 0 Å². The zero-order valence-corrected chi connectivity index (χ0v) is 19.1. The molecule has 1 aromatic carbocycles. The number of Topliss-reactive ketones (excluding diaryl/α,β-unsaturated/α-hetero) is 1. The lowest BCUT2D eigenvalue weighted by atomic mass is 9.95. The summed E-state index contributed by atoms with van der Waals surface area (Å²) < 4.78 is 15.4. The van der Waals surface area contributed by atoms with Crippen LogP contribution in [0.5, 0.6) is 5.75 Å². The molecule has 0 saturated heterocycles. The highest BCUT2D eigenvalue weighted by Gasteiger charge is 2.46. The molecule has 1 aliphatic rings. The number of hydrogen-bond donors (Lipinski definition) is 1. The first-order valence-corrected chi connectivity index (χ1v) is 10.7. The van der Waals surface area contributed by atoms with Crippen molar-refractivity contribution in [1.29, 1.82) is 0 Å². The number of anilines is 1. The lowest BCUT2D eigenvalue weighted by Gasteiger charge is -2.24. The van der Waals surface area contributed by atoms with Gasteiger partial charge in [-0.1, -0.05) is 23.5 Å². The Kier molecular flexibility index (Phi) is 5.77. The van der Waals surface area contributed by atoms with Crippen molar-refractivity contribution in [3.05, 3.63) is 75.4 Å². The summed E-state index contributed by atoms with van der Waals surface area (Å²) in [4.78, 5) is 44.4. The Morgan fingerprint density at radius 2 is 1.82 bits per heavy atom. The van der Waals surface area contributed by atoms with Gasteiger partial charge in [0.1, 0.15) is 16.4 Å². The normalized spacial score (nSPS) is 15.8. The average molecular weight is 468 g/mol. The highest BCUT2D eigenvalue weighted by Crippen LogP contribution is 2.44. The molecule has 2 aromatic heterocycles. The fourth-order valence-corrected chi connectivity index (χ4v) is 4.60. The fraction of sp³-hybridized carbons (Fsp3) is 0.217. The van der Waals surface area contributed by atoms with Crippen LogP contribution in [-0.2, 0) is 9.53 Å². The molecule has 0 spiro atoms. The molecule has 0 fully saturated rings. The first kappa shape index (κ1) is 22.3. The van der Waals surface area contributed by atoms with E-state index in [1.54, 1.807) is 44.2 Å². The summed E-state index contributed by atoms with van der Waals surface area (Å²) in [7, 11) is 2.77. The topological polar surface area (TPSA) is 119 Å². The zero-order chi connectivity index (χ0) is 23.9. The number of furan rings is 1. The molecule has 1 amide bonds. The minimum absolute atomic E-state index is 0.00668. The van der Waals surface area contributed by atoms with E-state index >= 15 is 0 Å². The summed E-state index contributed by atoms with van der Waals surface area (Å²) in [5.41, 5.74) is 0.753. The third-order valence-corrected chi connectivity index (χ3v) is 6.35. The lowest BCUT2D eigenvalue weighted by molar-refractivity contribution is -0.117. The Morgan fingerprint density at radius 3 is 2.39 bits per heavy atom. The first-order chi connectivity index (χ1) is 15.8. The maximum absolute atomic E-state index is 13.3. The number of aromatic nitrogens is 1. The van der Waals surface area contributed by atoms with E-state index in [4.69, 9.17) is 13.9 Å². The SMILES string of the molecule is COC(=O)c1sc(N2C(=O)C(O)=C(C(=O)c3ccc(C)o3)C2c2ccc(OC)cc2)nc1C. The van der Waals surface area contributed by atoms with Crippen LogP contribution in [0.15, 0.2) is 52.1 Å². The second-order valence-corrected chi connectivity index (χ2v) is 8.23. The van der Waals surface area contributed by atoms with E-state index in [0.29, 0.717) is 22.8 Å². The Hall–Kier alpha value is -3.92. The predicted octanol–water partition coefficient (Wildman–Crippen LogP) is 3.93. The van der Waals surface area contributed by atoms with E-state index in [1.807, 2.05) is 0 Å². The number of hydrogen-bond acceptors (Lipinski definition) is 9. The highest BCUT2D eigenvalue weighted by atomic mass is 32.1. The Bertz CT molecular complexity index is 1290. The van der Waals surface area contributed by atoms with Gasteiger partial charge in [0.25, 0.3) is 5.91 Å². The summed E-state index contributed by atoms with van der Waals surface area (Å²) in [6, 6.07) is 8.83. The van der Waals surface area contributed by atoms with Gasteiger partial charge in [0.05, 0.1) is 31.5 Å². The van der Waals surface area contributed by atoms with Crippen LogP contribution in [0, 0.1) is 13.8 Å². The van der Waals surface area contributed by atoms with Crippen LogP contribution in [-0.4, -0.2) is 42.0 Å². The number of benzene rings is 1. The Morgan fingerprint density at radius 1 is 1.12 bits per heavy atom. The molecule has 1 N–H and O–H groups in total. The van der Waals surface area contributed by atoms with Gasteiger partial charge in [0.2, 0.25) is 5.78 Å². The van der Waals surface area contributed by atoms with Crippen LogP contribution in [0.3, 0.4) is 0 Å². The van der Waals surface area contributed by atoms with Gasteiger partial charge in [0, 0.05) is 0 Å². The molecule has 4 rings (SSSR count). The van der Waals surface area contributed by atoms with E-state index in [1.165, 1.54) is 25.2 Å². The number of esters is 1. The number of aryl methyl sites for hydroxylation is 2. The van der Waals surface area contributed by atoms with Crippen LogP contribution in [0.4, 0.5) is 5.13 Å². The van der Waals surface area contributed by atoms with Crippen LogP contribution in [0.1, 0.15) is 43.3 Å². The van der Waals surface area contributed by atoms with Gasteiger partial charge in [0.15, 0.2) is 16.7 Å². The molecule has 9 nitrogen and oxygen atoms in total.